The molecule has 2 aliphatic carbocycles. The van der Waals surface area contributed by atoms with Gasteiger partial charge in [-0.05, 0) is 99.3 Å². The maximum atomic E-state index is 5.52. The monoisotopic (exact) mass is 669 g/mol. The van der Waals surface area contributed by atoms with Crippen molar-refractivity contribution in [3.63, 3.8) is 0 Å². The highest BCUT2D eigenvalue weighted by Crippen LogP contribution is 2.50. The number of nitrogens with zero attached hydrogens (tertiary/aromatic N) is 2. The van der Waals surface area contributed by atoms with E-state index in [9.17, 15) is 0 Å². The van der Waals surface area contributed by atoms with Crippen LogP contribution in [0, 0.1) is 22.7 Å². The molecule has 2 atom stereocenters. The third kappa shape index (κ3) is 7.70. The van der Waals surface area contributed by atoms with Crippen molar-refractivity contribution in [3.8, 4) is 11.5 Å². The molecule has 0 N–H and O–H groups in total. The highest BCUT2D eigenvalue weighted by atomic mass is 32.2. The first kappa shape index (κ1) is 33.9. The largest absolute Gasteiger partial charge is 0.497 e. The zero-order valence-corrected chi connectivity index (χ0v) is 31.3. The zero-order valence-electron chi connectivity index (χ0n) is 29.7. The summed E-state index contributed by atoms with van der Waals surface area (Å²) in [4.78, 5) is 3.77. The van der Waals surface area contributed by atoms with Crippen molar-refractivity contribution < 1.29 is 14.0 Å². The third-order valence-corrected chi connectivity index (χ3v) is 12.2. The van der Waals surface area contributed by atoms with Crippen molar-refractivity contribution in [2.24, 2.45) is 22.7 Å². The second-order valence-electron chi connectivity index (χ2n) is 15.2. The number of methoxy groups -OCH3 is 2. The number of anilines is 1. The van der Waals surface area contributed by atoms with Crippen LogP contribution < -0.4 is 18.9 Å². The summed E-state index contributed by atoms with van der Waals surface area (Å²) in [5, 5.41) is 2.72. The minimum Gasteiger partial charge on any atom is -0.497 e. The molecule has 0 radical (unpaired) electrons. The van der Waals surface area contributed by atoms with Gasteiger partial charge < -0.3 is 14.4 Å². The van der Waals surface area contributed by atoms with Gasteiger partial charge >= 0.3 is 0 Å². The molecule has 6 heteroatoms. The first-order chi connectivity index (χ1) is 22.5. The molecule has 250 valence electrons. The summed E-state index contributed by atoms with van der Waals surface area (Å²) in [6.45, 7) is 16.2. The van der Waals surface area contributed by atoms with Gasteiger partial charge in [-0.1, -0.05) is 86.2 Å². The summed E-state index contributed by atoms with van der Waals surface area (Å²) in [7, 11) is 3.50. The van der Waals surface area contributed by atoms with E-state index < -0.39 is 0 Å². The first-order valence-electron chi connectivity index (χ1n) is 17.4. The number of thioether (sulfide) groups is 1. The molecule has 3 aliphatic rings. The van der Waals surface area contributed by atoms with E-state index in [0.29, 0.717) is 22.7 Å². The van der Waals surface area contributed by atoms with Crippen LogP contribution in [-0.2, 0) is 6.54 Å². The molecule has 2 heterocycles. The van der Waals surface area contributed by atoms with Crippen LogP contribution in [0.1, 0.15) is 85.1 Å². The number of aryl methyl sites for hydroxylation is 1. The molecule has 2 saturated carbocycles. The second-order valence-corrected chi connectivity index (χ2v) is 17.4. The maximum absolute atomic E-state index is 5.52. The minimum atomic E-state index is 0.291. The molecule has 1 aliphatic heterocycles. The summed E-state index contributed by atoms with van der Waals surface area (Å²) in [5.41, 5.74) is 6.34. The number of benzene rings is 2. The Balaban J connectivity index is 1.18. The molecule has 2 unspecified atom stereocenters. The lowest BCUT2D eigenvalue weighted by molar-refractivity contribution is -0.665. The number of aromatic nitrogens is 1. The molecule has 4 nitrogen and oxygen atoms in total. The van der Waals surface area contributed by atoms with Crippen LogP contribution in [0.5, 0.6) is 11.5 Å². The number of ether oxygens (including phenoxy) is 2. The van der Waals surface area contributed by atoms with Gasteiger partial charge in [-0.25, -0.2) is 0 Å². The summed E-state index contributed by atoms with van der Waals surface area (Å²) in [6, 6.07) is 12.9. The van der Waals surface area contributed by atoms with Crippen LogP contribution >= 0.6 is 23.1 Å². The molecule has 2 fully saturated rings. The molecule has 0 amide bonds. The van der Waals surface area contributed by atoms with Crippen molar-refractivity contribution in [1.82, 2.24) is 0 Å². The van der Waals surface area contributed by atoms with Gasteiger partial charge in [-0.2, -0.15) is 4.57 Å². The summed E-state index contributed by atoms with van der Waals surface area (Å²) in [6.07, 6.45) is 19.5. The van der Waals surface area contributed by atoms with Gasteiger partial charge in [-0.3, -0.25) is 0 Å². The van der Waals surface area contributed by atoms with Gasteiger partial charge in [0.05, 0.1) is 24.9 Å². The molecular weight excluding hydrogens is 617 g/mol. The van der Waals surface area contributed by atoms with Crippen LogP contribution in [0.2, 0.25) is 0 Å². The predicted octanol–water partition coefficient (Wildman–Crippen LogP) is 11.2. The lowest BCUT2D eigenvalue weighted by atomic mass is 9.69. The van der Waals surface area contributed by atoms with Gasteiger partial charge in [0.2, 0.25) is 5.52 Å². The average Bonchev–Trinajstić information content (AvgIpc) is 3.54. The van der Waals surface area contributed by atoms with Crippen LogP contribution in [0.15, 0.2) is 81.8 Å². The summed E-state index contributed by atoms with van der Waals surface area (Å²) in [5.74, 6) is 2.96. The molecule has 47 heavy (non-hydrogen) atoms. The van der Waals surface area contributed by atoms with Gasteiger partial charge in [0.25, 0.3) is 5.01 Å². The fourth-order valence-corrected chi connectivity index (χ4v) is 10.8. The Kier molecular flexibility index (Phi) is 10.0. The van der Waals surface area contributed by atoms with E-state index in [-0.39, 0.29) is 0 Å². The number of rotatable bonds is 8. The molecule has 0 saturated heterocycles. The predicted molar refractivity (Wildman–Crippen MR) is 202 cm³/mol. The van der Waals surface area contributed by atoms with Crippen LogP contribution in [-0.4, -0.2) is 20.8 Å². The van der Waals surface area contributed by atoms with Crippen LogP contribution in [0.4, 0.5) is 5.69 Å². The Hall–Kier alpha value is -2.96. The summed E-state index contributed by atoms with van der Waals surface area (Å²) < 4.78 is 14.8. The van der Waals surface area contributed by atoms with Crippen LogP contribution in [0.3, 0.4) is 0 Å². The van der Waals surface area contributed by atoms with Crippen molar-refractivity contribution in [1.29, 1.82) is 0 Å². The normalized spacial score (nSPS) is 24.9. The fraction of sp³-hybridized carbons (Fsp3) is 0.488. The average molecular weight is 670 g/mol. The number of allylic oxidation sites excluding steroid dienone is 6. The van der Waals surface area contributed by atoms with Gasteiger partial charge in [0, 0.05) is 29.6 Å². The smallest absolute Gasteiger partial charge is 0.262 e. The minimum absolute atomic E-state index is 0.291. The number of thiazole rings is 1. The SMILES string of the molecule is CCN1C(=CC2CC(=CC=CC3CC(=Cc4sc5cc(OC)ccc5[n+]4CC)CC(C)(C)C3)CC(C)(C)C2)Sc2cc(OC)ccc21. The Morgan fingerprint density at radius 2 is 1.57 bits per heavy atom. The first-order valence-corrected chi connectivity index (χ1v) is 19.0. The third-order valence-electron chi connectivity index (χ3n) is 10.0. The molecule has 3 aromatic rings. The fourth-order valence-electron chi connectivity index (χ4n) is 8.28. The van der Waals surface area contributed by atoms with E-state index in [4.69, 9.17) is 9.47 Å². The van der Waals surface area contributed by atoms with E-state index in [1.54, 1.807) is 25.4 Å². The number of hydrogen-bond donors (Lipinski definition) is 0. The van der Waals surface area contributed by atoms with E-state index in [2.05, 4.69) is 118 Å². The quantitative estimate of drug-likeness (QED) is 0.223. The highest BCUT2D eigenvalue weighted by molar-refractivity contribution is 8.03. The molecule has 0 bridgehead atoms. The van der Waals surface area contributed by atoms with E-state index in [1.165, 1.54) is 50.1 Å². The molecular formula is C41H53N2O2S2+. The van der Waals surface area contributed by atoms with Crippen molar-refractivity contribution in [2.75, 3.05) is 25.7 Å². The van der Waals surface area contributed by atoms with Crippen LogP contribution in [0.25, 0.3) is 16.3 Å². The van der Waals surface area contributed by atoms with E-state index >= 15 is 0 Å². The molecule has 2 aromatic carbocycles. The number of fused-ring (bicyclic) bond motifs is 2. The van der Waals surface area contributed by atoms with E-state index in [0.717, 1.165) is 43.9 Å². The topological polar surface area (TPSA) is 25.6 Å². The Bertz CT molecular complexity index is 1740. The molecule has 0 spiro atoms. The second kappa shape index (κ2) is 13.9. The standard InChI is InChI=1S/C41H53N2O2S2/c1-9-42-34-16-14-32(44-7)22-36(34)46-38(42)20-30-18-28(24-40(3,4)26-30)12-11-13-29-19-31(27-41(5,6)25-29)21-39-43(10-2)35-17-15-33(45-8)23-37(35)47-39/h11-17,20-23,28,31H,9-10,18-19,24-27H2,1-8H3/q+1. The van der Waals surface area contributed by atoms with Gasteiger partial charge in [-0.15, -0.1) is 0 Å². The molecule has 1 aromatic heterocycles. The Morgan fingerprint density at radius 1 is 0.894 bits per heavy atom. The van der Waals surface area contributed by atoms with Gasteiger partial charge in [0.15, 0.2) is 0 Å². The Morgan fingerprint density at radius 3 is 2.30 bits per heavy atom. The maximum Gasteiger partial charge on any atom is 0.262 e. The lowest BCUT2D eigenvalue weighted by Gasteiger charge is -2.36. The van der Waals surface area contributed by atoms with Crippen molar-refractivity contribution >= 4 is 45.1 Å². The Labute approximate surface area is 291 Å². The van der Waals surface area contributed by atoms with E-state index in [1.807, 2.05) is 23.1 Å². The molecule has 6 rings (SSSR count). The van der Waals surface area contributed by atoms with Crippen molar-refractivity contribution in [2.45, 2.75) is 91.5 Å². The number of hydrogen-bond acceptors (Lipinski definition) is 5. The van der Waals surface area contributed by atoms with Crippen molar-refractivity contribution in [3.05, 3.63) is 81.9 Å². The lowest BCUT2D eigenvalue weighted by Crippen LogP contribution is -2.33. The summed E-state index contributed by atoms with van der Waals surface area (Å²) >= 11 is 3.78. The highest BCUT2D eigenvalue weighted by Gasteiger charge is 2.33. The zero-order chi connectivity index (χ0) is 33.3. The van der Waals surface area contributed by atoms with Gasteiger partial charge in [0.1, 0.15) is 22.7 Å².